The molecular formula is C18H24N2OS3. The van der Waals surface area contributed by atoms with Gasteiger partial charge in [0.25, 0.3) is 0 Å². The lowest BCUT2D eigenvalue weighted by molar-refractivity contribution is 0.131. The summed E-state index contributed by atoms with van der Waals surface area (Å²) in [6.45, 7) is 10.7. The van der Waals surface area contributed by atoms with Crippen LogP contribution in [-0.2, 0) is 13.0 Å². The standard InChI is InChI=1S/C18H24N2OS3/c1-3-15-17(23-24-18(15)22)13-5-6-16(21)14(11-13)12-20-9-7-19(4-2)8-10-20/h5-6,11,21H,3-4,7-10,12H2,1-2H3. The van der Waals surface area contributed by atoms with Crippen molar-refractivity contribution in [2.45, 2.75) is 26.8 Å². The molecular weight excluding hydrogens is 356 g/mol. The molecule has 0 atom stereocenters. The summed E-state index contributed by atoms with van der Waals surface area (Å²) in [6, 6.07) is 5.99. The highest BCUT2D eigenvalue weighted by Crippen LogP contribution is 2.37. The average Bonchev–Trinajstić information content (AvgIpc) is 2.98. The van der Waals surface area contributed by atoms with Crippen molar-refractivity contribution in [3.63, 3.8) is 0 Å². The van der Waals surface area contributed by atoms with Crippen molar-refractivity contribution in [2.75, 3.05) is 32.7 Å². The highest BCUT2D eigenvalue weighted by atomic mass is 32.9. The Balaban J connectivity index is 1.81. The van der Waals surface area contributed by atoms with Gasteiger partial charge in [0.15, 0.2) is 0 Å². The molecule has 1 N–H and O–H groups in total. The van der Waals surface area contributed by atoms with E-state index in [0.29, 0.717) is 5.75 Å². The Morgan fingerprint density at radius 2 is 1.79 bits per heavy atom. The summed E-state index contributed by atoms with van der Waals surface area (Å²) in [6.07, 6.45) is 0.962. The molecule has 0 spiro atoms. The zero-order valence-corrected chi connectivity index (χ0v) is 16.7. The third-order valence-electron chi connectivity index (χ3n) is 4.72. The van der Waals surface area contributed by atoms with E-state index >= 15 is 0 Å². The predicted octanol–water partition coefficient (Wildman–Crippen LogP) is 4.61. The number of piperazine rings is 1. The van der Waals surface area contributed by atoms with E-state index in [1.54, 1.807) is 20.7 Å². The molecule has 1 aromatic heterocycles. The van der Waals surface area contributed by atoms with Crippen LogP contribution in [0.1, 0.15) is 25.0 Å². The molecule has 0 unspecified atom stereocenters. The van der Waals surface area contributed by atoms with Gasteiger partial charge in [-0.3, -0.25) is 4.90 Å². The minimum atomic E-state index is 0.397. The number of benzene rings is 1. The Morgan fingerprint density at radius 1 is 1.08 bits per heavy atom. The summed E-state index contributed by atoms with van der Waals surface area (Å²) in [5.41, 5.74) is 3.47. The molecule has 1 fully saturated rings. The predicted molar refractivity (Wildman–Crippen MR) is 107 cm³/mol. The molecule has 0 bridgehead atoms. The van der Waals surface area contributed by atoms with Crippen molar-refractivity contribution in [1.82, 2.24) is 9.80 Å². The fraction of sp³-hybridized carbons (Fsp3) is 0.500. The highest BCUT2D eigenvalue weighted by molar-refractivity contribution is 7.80. The van der Waals surface area contributed by atoms with Gasteiger partial charge < -0.3 is 10.0 Å². The largest absolute Gasteiger partial charge is 0.508 e. The molecule has 0 radical (unpaired) electrons. The second-order valence-electron chi connectivity index (χ2n) is 6.17. The Morgan fingerprint density at radius 3 is 2.46 bits per heavy atom. The van der Waals surface area contributed by atoms with Crippen LogP contribution in [0, 0.1) is 3.82 Å². The van der Waals surface area contributed by atoms with Crippen LogP contribution in [0.5, 0.6) is 5.75 Å². The van der Waals surface area contributed by atoms with Gasteiger partial charge in [-0.2, -0.15) is 0 Å². The van der Waals surface area contributed by atoms with Gasteiger partial charge >= 0.3 is 0 Å². The number of rotatable bonds is 5. The summed E-state index contributed by atoms with van der Waals surface area (Å²) in [7, 11) is 3.43. The zero-order valence-electron chi connectivity index (χ0n) is 14.2. The Kier molecular flexibility index (Phi) is 6.05. The average molecular weight is 381 g/mol. The Hall–Kier alpha value is -0.790. The van der Waals surface area contributed by atoms with Gasteiger partial charge in [0.2, 0.25) is 0 Å². The summed E-state index contributed by atoms with van der Waals surface area (Å²) >= 11 is 5.45. The maximum atomic E-state index is 10.3. The number of nitrogens with zero attached hydrogens (tertiary/aromatic N) is 2. The Labute approximate surface area is 156 Å². The summed E-state index contributed by atoms with van der Waals surface area (Å²) in [5, 5.41) is 10.3. The van der Waals surface area contributed by atoms with E-state index in [-0.39, 0.29) is 0 Å². The van der Waals surface area contributed by atoms with Gasteiger partial charge in [0.1, 0.15) is 9.57 Å². The van der Waals surface area contributed by atoms with Crippen LogP contribution in [-0.4, -0.2) is 47.6 Å². The highest BCUT2D eigenvalue weighted by Gasteiger charge is 2.18. The first-order valence-corrected chi connectivity index (χ1v) is 11.1. The maximum Gasteiger partial charge on any atom is 0.120 e. The monoisotopic (exact) mass is 380 g/mol. The number of likely N-dealkylation sites (N-methyl/N-ethyl adjacent to an activating group) is 1. The van der Waals surface area contributed by atoms with Gasteiger partial charge in [-0.1, -0.05) is 46.7 Å². The topological polar surface area (TPSA) is 26.7 Å². The third-order valence-corrected chi connectivity index (χ3v) is 7.92. The molecule has 2 aromatic rings. The molecule has 24 heavy (non-hydrogen) atoms. The van der Waals surface area contributed by atoms with E-state index < -0.39 is 0 Å². The molecule has 0 aliphatic carbocycles. The van der Waals surface area contributed by atoms with E-state index in [2.05, 4.69) is 29.7 Å². The summed E-state index contributed by atoms with van der Waals surface area (Å²) < 4.78 is 1.00. The SMILES string of the molecule is CCc1c(-c2ccc(O)c(CN3CCN(CC)CC3)c2)ssc1=S. The molecule has 3 rings (SSSR count). The van der Waals surface area contributed by atoms with Gasteiger partial charge in [-0.25, -0.2) is 0 Å². The molecule has 1 aliphatic rings. The molecule has 1 aromatic carbocycles. The van der Waals surface area contributed by atoms with E-state index in [9.17, 15) is 5.11 Å². The molecule has 1 saturated heterocycles. The first kappa shape index (κ1) is 18.0. The van der Waals surface area contributed by atoms with Gasteiger partial charge in [0.05, 0.1) is 4.88 Å². The second-order valence-corrected chi connectivity index (χ2v) is 8.99. The second kappa shape index (κ2) is 8.06. The fourth-order valence-corrected chi connectivity index (χ4v) is 6.29. The summed E-state index contributed by atoms with van der Waals surface area (Å²) in [5.74, 6) is 0.397. The molecule has 130 valence electrons. The quantitative estimate of drug-likeness (QED) is 0.605. The molecule has 6 heteroatoms. The van der Waals surface area contributed by atoms with Crippen molar-refractivity contribution in [3.05, 3.63) is 33.1 Å². The Bertz CT molecular complexity index is 745. The van der Waals surface area contributed by atoms with E-state index in [4.69, 9.17) is 12.2 Å². The van der Waals surface area contributed by atoms with Crippen LogP contribution in [0.3, 0.4) is 0 Å². The fourth-order valence-electron chi connectivity index (χ4n) is 3.16. The minimum absolute atomic E-state index is 0.397. The molecule has 1 aliphatic heterocycles. The minimum Gasteiger partial charge on any atom is -0.508 e. The van der Waals surface area contributed by atoms with Crippen LogP contribution < -0.4 is 0 Å². The number of phenolic OH excluding ortho intramolecular Hbond substituents is 1. The van der Waals surface area contributed by atoms with Gasteiger partial charge in [0, 0.05) is 38.3 Å². The van der Waals surface area contributed by atoms with Gasteiger partial charge in [-0.05, 0) is 42.3 Å². The number of hydrogen-bond acceptors (Lipinski definition) is 6. The smallest absolute Gasteiger partial charge is 0.120 e. The van der Waals surface area contributed by atoms with Crippen molar-refractivity contribution >= 4 is 32.9 Å². The molecule has 3 nitrogen and oxygen atoms in total. The van der Waals surface area contributed by atoms with Crippen LogP contribution in [0.4, 0.5) is 0 Å². The van der Waals surface area contributed by atoms with Crippen molar-refractivity contribution in [1.29, 1.82) is 0 Å². The van der Waals surface area contributed by atoms with E-state index in [0.717, 1.165) is 55.1 Å². The number of aromatic hydroxyl groups is 1. The lowest BCUT2D eigenvalue weighted by Crippen LogP contribution is -2.45. The lowest BCUT2D eigenvalue weighted by atomic mass is 10.0. The van der Waals surface area contributed by atoms with Crippen molar-refractivity contribution in [3.8, 4) is 16.2 Å². The lowest BCUT2D eigenvalue weighted by Gasteiger charge is -2.34. The van der Waals surface area contributed by atoms with Crippen LogP contribution in [0.25, 0.3) is 10.4 Å². The normalized spacial score (nSPS) is 16.6. The van der Waals surface area contributed by atoms with Crippen molar-refractivity contribution in [2.24, 2.45) is 0 Å². The van der Waals surface area contributed by atoms with Crippen LogP contribution in [0.2, 0.25) is 0 Å². The third kappa shape index (κ3) is 3.89. The summed E-state index contributed by atoms with van der Waals surface area (Å²) in [4.78, 5) is 6.17. The van der Waals surface area contributed by atoms with Crippen molar-refractivity contribution < 1.29 is 5.11 Å². The van der Waals surface area contributed by atoms with Crippen LogP contribution in [0.15, 0.2) is 18.2 Å². The van der Waals surface area contributed by atoms with E-state index in [1.165, 1.54) is 16.0 Å². The van der Waals surface area contributed by atoms with E-state index in [1.807, 2.05) is 12.1 Å². The zero-order chi connectivity index (χ0) is 17.1. The molecule has 2 heterocycles. The first-order valence-electron chi connectivity index (χ1n) is 8.51. The molecule has 0 saturated carbocycles. The van der Waals surface area contributed by atoms with Crippen LogP contribution >= 0.6 is 32.9 Å². The first-order chi connectivity index (χ1) is 11.6. The number of phenols is 1. The number of hydrogen-bond donors (Lipinski definition) is 1. The molecule has 0 amide bonds. The van der Waals surface area contributed by atoms with Gasteiger partial charge in [-0.15, -0.1) is 0 Å². The maximum absolute atomic E-state index is 10.3.